The van der Waals surface area contributed by atoms with Gasteiger partial charge in [-0.1, -0.05) is 26.0 Å². The molecule has 0 heterocycles. The highest BCUT2D eigenvalue weighted by atomic mass is 19.1. The Morgan fingerprint density at radius 3 is 2.12 bits per heavy atom. The number of benzene rings is 1. The highest BCUT2D eigenvalue weighted by molar-refractivity contribution is 5.79. The fourth-order valence-corrected chi connectivity index (χ4v) is 2.01. The van der Waals surface area contributed by atoms with Crippen LogP contribution in [-0.2, 0) is 4.79 Å². The molecule has 0 unspecified atom stereocenters. The van der Waals surface area contributed by atoms with Crippen molar-refractivity contribution in [1.82, 2.24) is 0 Å². The number of halogens is 1. The zero-order valence-corrected chi connectivity index (χ0v) is 10.0. The molecule has 2 heteroatoms. The number of hydrogen-bond donors (Lipinski definition) is 0. The van der Waals surface area contributed by atoms with E-state index in [9.17, 15) is 9.18 Å². The Morgan fingerprint density at radius 1 is 1.12 bits per heavy atom. The lowest BCUT2D eigenvalue weighted by atomic mass is 9.83. The molecule has 0 saturated heterocycles. The minimum Gasteiger partial charge on any atom is -0.300 e. The summed E-state index contributed by atoms with van der Waals surface area (Å²) in [6.07, 6.45) is 3.21. The molecule has 0 aromatic heterocycles. The summed E-state index contributed by atoms with van der Waals surface area (Å²) in [5.41, 5.74) is 1.17. The third kappa shape index (κ3) is 3.44. The molecule has 16 heavy (non-hydrogen) atoms. The fourth-order valence-electron chi connectivity index (χ4n) is 2.01. The summed E-state index contributed by atoms with van der Waals surface area (Å²) < 4.78 is 12.7. The summed E-state index contributed by atoms with van der Waals surface area (Å²) in [7, 11) is 0. The highest BCUT2D eigenvalue weighted by Crippen LogP contribution is 2.30. The number of rotatable bonds is 1. The molecule has 0 N–H and O–H groups in total. The van der Waals surface area contributed by atoms with Gasteiger partial charge in [-0.25, -0.2) is 4.39 Å². The Bertz CT molecular complexity index is 325. The average molecular weight is 224 g/mol. The summed E-state index contributed by atoms with van der Waals surface area (Å²) in [5, 5.41) is 0. The van der Waals surface area contributed by atoms with Gasteiger partial charge < -0.3 is 0 Å². The largest absolute Gasteiger partial charge is 0.300 e. The van der Waals surface area contributed by atoms with Crippen LogP contribution in [0.3, 0.4) is 0 Å². The van der Waals surface area contributed by atoms with Crippen molar-refractivity contribution >= 4 is 5.78 Å². The molecule has 0 spiro atoms. The first kappa shape index (κ1) is 12.9. The lowest BCUT2D eigenvalue weighted by molar-refractivity contribution is -0.120. The van der Waals surface area contributed by atoms with Gasteiger partial charge in [-0.05, 0) is 36.5 Å². The maximum atomic E-state index is 12.7. The molecule has 1 aromatic carbocycles. The molecule has 2 rings (SSSR count). The van der Waals surface area contributed by atoms with Crippen LogP contribution in [0.5, 0.6) is 0 Å². The monoisotopic (exact) mass is 224 g/mol. The quantitative estimate of drug-likeness (QED) is 0.694. The van der Waals surface area contributed by atoms with E-state index in [0.29, 0.717) is 24.5 Å². The Morgan fingerprint density at radius 2 is 1.62 bits per heavy atom. The third-order valence-electron chi connectivity index (χ3n) is 2.88. The van der Waals surface area contributed by atoms with E-state index in [1.807, 2.05) is 26.0 Å². The van der Waals surface area contributed by atoms with Gasteiger partial charge in [-0.15, -0.1) is 0 Å². The van der Waals surface area contributed by atoms with Crippen molar-refractivity contribution in [2.24, 2.45) is 0 Å². The van der Waals surface area contributed by atoms with Crippen LogP contribution in [0.2, 0.25) is 0 Å². The Labute approximate surface area is 98.2 Å². The molecule has 0 atom stereocenters. The average Bonchev–Trinajstić information content (AvgIpc) is 2.34. The fraction of sp³-hybridized carbons (Fsp3) is 0.500. The predicted octanol–water partition coefficient (Wildman–Crippen LogP) is 4.32. The van der Waals surface area contributed by atoms with E-state index < -0.39 is 0 Å². The van der Waals surface area contributed by atoms with Gasteiger partial charge in [0.25, 0.3) is 0 Å². The van der Waals surface area contributed by atoms with Crippen LogP contribution >= 0.6 is 0 Å². The number of ketones is 1. The van der Waals surface area contributed by atoms with Crippen molar-refractivity contribution in [2.75, 3.05) is 0 Å². The molecular weight excluding hydrogens is 203 g/mol. The van der Waals surface area contributed by atoms with Gasteiger partial charge in [0.05, 0.1) is 0 Å². The maximum absolute atomic E-state index is 12.7. The standard InChI is InChI=1S/C12H13FO.C2H6.H2/c13-11-5-1-9(2-6-11)10-3-7-12(14)8-4-10;1-2;/h1-2,5-6,10H,3-4,7-8H2;1-2H3;1H. The van der Waals surface area contributed by atoms with Crippen molar-refractivity contribution in [3.63, 3.8) is 0 Å². The van der Waals surface area contributed by atoms with Crippen LogP contribution in [0.25, 0.3) is 0 Å². The number of hydrogen-bond acceptors (Lipinski definition) is 1. The summed E-state index contributed by atoms with van der Waals surface area (Å²) in [6, 6.07) is 6.64. The molecule has 0 amide bonds. The summed E-state index contributed by atoms with van der Waals surface area (Å²) in [5.74, 6) is 0.622. The van der Waals surface area contributed by atoms with E-state index in [1.165, 1.54) is 17.7 Å². The van der Waals surface area contributed by atoms with Crippen molar-refractivity contribution in [3.8, 4) is 0 Å². The van der Waals surface area contributed by atoms with Crippen LogP contribution in [0.15, 0.2) is 24.3 Å². The number of carbonyl (C=O) groups is 1. The maximum Gasteiger partial charge on any atom is 0.132 e. The lowest BCUT2D eigenvalue weighted by Crippen LogP contribution is -2.12. The van der Waals surface area contributed by atoms with Crippen LogP contribution in [0.1, 0.15) is 52.4 Å². The van der Waals surface area contributed by atoms with E-state index in [-0.39, 0.29) is 7.24 Å². The van der Waals surface area contributed by atoms with Gasteiger partial charge in [0, 0.05) is 14.3 Å². The third-order valence-corrected chi connectivity index (χ3v) is 2.88. The van der Waals surface area contributed by atoms with Gasteiger partial charge in [-0.2, -0.15) is 0 Å². The Hall–Kier alpha value is -1.18. The molecule has 1 nitrogen and oxygen atoms in total. The highest BCUT2D eigenvalue weighted by Gasteiger charge is 2.19. The molecule has 1 aliphatic carbocycles. The minimum atomic E-state index is -0.194. The van der Waals surface area contributed by atoms with E-state index in [4.69, 9.17) is 0 Å². The van der Waals surface area contributed by atoms with Crippen molar-refractivity contribution < 1.29 is 10.6 Å². The second-order valence-corrected chi connectivity index (χ2v) is 3.86. The van der Waals surface area contributed by atoms with Crippen LogP contribution in [-0.4, -0.2) is 5.78 Å². The van der Waals surface area contributed by atoms with Crippen molar-refractivity contribution in [2.45, 2.75) is 45.4 Å². The smallest absolute Gasteiger partial charge is 0.132 e. The molecule has 1 fully saturated rings. The summed E-state index contributed by atoms with van der Waals surface area (Å²) in [6.45, 7) is 4.00. The Balaban J connectivity index is 0.000000811. The first-order valence-electron chi connectivity index (χ1n) is 6.03. The molecule has 1 aromatic rings. The number of carbonyl (C=O) groups excluding carboxylic acids is 1. The van der Waals surface area contributed by atoms with Gasteiger partial charge in [0.1, 0.15) is 11.6 Å². The zero-order valence-electron chi connectivity index (χ0n) is 10.0. The summed E-state index contributed by atoms with van der Waals surface area (Å²) in [4.78, 5) is 11.0. The molecule has 0 radical (unpaired) electrons. The lowest BCUT2D eigenvalue weighted by Gasteiger charge is -2.21. The second-order valence-electron chi connectivity index (χ2n) is 3.86. The van der Waals surface area contributed by atoms with Gasteiger partial charge in [0.15, 0.2) is 0 Å². The van der Waals surface area contributed by atoms with E-state index in [2.05, 4.69) is 0 Å². The minimum absolute atomic E-state index is 0. The summed E-state index contributed by atoms with van der Waals surface area (Å²) >= 11 is 0. The van der Waals surface area contributed by atoms with Crippen molar-refractivity contribution in [1.29, 1.82) is 0 Å². The molecule has 90 valence electrons. The first-order chi connectivity index (χ1) is 7.75. The van der Waals surface area contributed by atoms with E-state index in [1.54, 1.807) is 0 Å². The van der Waals surface area contributed by atoms with Gasteiger partial charge in [-0.3, -0.25) is 4.79 Å². The normalized spacial score (nSPS) is 16.6. The van der Waals surface area contributed by atoms with Crippen LogP contribution < -0.4 is 0 Å². The molecule has 0 aliphatic heterocycles. The van der Waals surface area contributed by atoms with Crippen LogP contribution in [0, 0.1) is 5.82 Å². The molecule has 0 bridgehead atoms. The molecule has 1 aliphatic rings. The predicted molar refractivity (Wildman–Crippen MR) is 66.1 cm³/mol. The second kappa shape index (κ2) is 6.41. The SMILES string of the molecule is CC.O=C1CCC(c2ccc(F)cc2)CC1.[HH]. The van der Waals surface area contributed by atoms with E-state index >= 15 is 0 Å². The molecular formula is C14H21FO. The first-order valence-corrected chi connectivity index (χ1v) is 6.03. The van der Waals surface area contributed by atoms with E-state index in [0.717, 1.165) is 12.8 Å². The topological polar surface area (TPSA) is 17.1 Å². The molecule has 1 saturated carbocycles. The van der Waals surface area contributed by atoms with Gasteiger partial charge in [0.2, 0.25) is 0 Å². The van der Waals surface area contributed by atoms with Gasteiger partial charge >= 0.3 is 0 Å². The van der Waals surface area contributed by atoms with Crippen LogP contribution in [0.4, 0.5) is 4.39 Å². The zero-order chi connectivity index (χ0) is 12.0. The number of Topliss-reactive ketones (excluding diaryl/α,β-unsaturated/α-hetero) is 1. The van der Waals surface area contributed by atoms with Crippen molar-refractivity contribution in [3.05, 3.63) is 35.6 Å². The Kier molecular flexibility index (Phi) is 5.17.